The molecule has 5 heteroatoms. The van der Waals surface area contributed by atoms with Gasteiger partial charge in [-0.05, 0) is 30.7 Å². The lowest BCUT2D eigenvalue weighted by Crippen LogP contribution is -2.46. The molecule has 2 amide bonds. The lowest BCUT2D eigenvalue weighted by atomic mass is 10.2. The van der Waals surface area contributed by atoms with Crippen molar-refractivity contribution in [1.29, 1.82) is 0 Å². The van der Waals surface area contributed by atoms with Gasteiger partial charge in [-0.2, -0.15) is 0 Å². The number of amides is 2. The lowest BCUT2D eigenvalue weighted by molar-refractivity contribution is -0.138. The highest BCUT2D eigenvalue weighted by atomic mass is 79.9. The summed E-state index contributed by atoms with van der Waals surface area (Å²) in [5.74, 6) is -0.643. The molecule has 1 aliphatic rings. The van der Waals surface area contributed by atoms with E-state index in [2.05, 4.69) is 15.9 Å². The van der Waals surface area contributed by atoms with Crippen molar-refractivity contribution in [3.05, 3.63) is 28.2 Å². The molecule has 0 N–H and O–H groups in total. The van der Waals surface area contributed by atoms with E-state index < -0.39 is 0 Å². The van der Waals surface area contributed by atoms with E-state index in [1.54, 1.807) is 12.1 Å². The van der Waals surface area contributed by atoms with Gasteiger partial charge in [-0.25, -0.2) is 4.90 Å². The first-order chi connectivity index (χ1) is 7.59. The zero-order chi connectivity index (χ0) is 11.7. The Kier molecular flexibility index (Phi) is 3.07. The predicted octanol–water partition coefficient (Wildman–Crippen LogP) is 1.65. The first-order valence-electron chi connectivity index (χ1n) is 4.79. The molecule has 0 aliphatic carbocycles. The zero-order valence-corrected chi connectivity index (χ0v) is 10.3. The van der Waals surface area contributed by atoms with E-state index in [-0.39, 0.29) is 25.0 Å². The third kappa shape index (κ3) is 2.01. The van der Waals surface area contributed by atoms with Crippen LogP contribution in [0.2, 0.25) is 0 Å². The highest BCUT2D eigenvalue weighted by Gasteiger charge is 2.28. The van der Waals surface area contributed by atoms with Crippen LogP contribution in [0.1, 0.15) is 5.56 Å². The molecule has 1 aromatic rings. The summed E-state index contributed by atoms with van der Waals surface area (Å²) in [7, 11) is 0. The van der Waals surface area contributed by atoms with Gasteiger partial charge in [0.05, 0.1) is 5.69 Å². The van der Waals surface area contributed by atoms with Gasteiger partial charge in [0.25, 0.3) is 11.8 Å². The second-order valence-corrected chi connectivity index (χ2v) is 4.40. The van der Waals surface area contributed by atoms with Crippen molar-refractivity contribution in [2.75, 3.05) is 18.1 Å². The average Bonchev–Trinajstić information content (AvgIpc) is 2.23. The predicted molar refractivity (Wildman–Crippen MR) is 62.2 cm³/mol. The fourth-order valence-electron chi connectivity index (χ4n) is 1.55. The maximum absolute atomic E-state index is 11.6. The number of aryl methyl sites for hydroxylation is 1. The molecule has 2 rings (SSSR count). The first-order valence-corrected chi connectivity index (χ1v) is 5.58. The Morgan fingerprint density at radius 2 is 1.88 bits per heavy atom. The summed E-state index contributed by atoms with van der Waals surface area (Å²) < 4.78 is 5.80. The van der Waals surface area contributed by atoms with Gasteiger partial charge in [0, 0.05) is 4.47 Å². The third-order valence-corrected chi connectivity index (χ3v) is 3.24. The lowest BCUT2D eigenvalue weighted by Gasteiger charge is -2.25. The summed E-state index contributed by atoms with van der Waals surface area (Å²) in [6.07, 6.45) is 0. The summed E-state index contributed by atoms with van der Waals surface area (Å²) in [5.41, 5.74) is 1.57. The van der Waals surface area contributed by atoms with Crippen molar-refractivity contribution in [1.82, 2.24) is 0 Å². The van der Waals surface area contributed by atoms with Crippen molar-refractivity contribution in [2.24, 2.45) is 0 Å². The first kappa shape index (κ1) is 11.3. The second kappa shape index (κ2) is 4.35. The molecule has 0 unspecified atom stereocenters. The Balaban J connectivity index is 2.38. The van der Waals surface area contributed by atoms with E-state index in [0.29, 0.717) is 5.69 Å². The molecule has 1 saturated heterocycles. The van der Waals surface area contributed by atoms with Crippen LogP contribution in [-0.4, -0.2) is 25.0 Å². The molecular weight excluding hydrogens is 274 g/mol. The highest BCUT2D eigenvalue weighted by Crippen LogP contribution is 2.24. The summed E-state index contributed by atoms with van der Waals surface area (Å²) in [5, 5.41) is 0. The number of ether oxygens (including phenoxy) is 1. The number of anilines is 1. The molecule has 0 spiro atoms. The summed E-state index contributed by atoms with van der Waals surface area (Å²) in [6.45, 7) is 1.82. The van der Waals surface area contributed by atoms with E-state index in [1.165, 1.54) is 4.90 Å². The number of benzene rings is 1. The van der Waals surface area contributed by atoms with Crippen LogP contribution < -0.4 is 4.90 Å². The van der Waals surface area contributed by atoms with E-state index in [0.717, 1.165) is 10.0 Å². The number of imide groups is 1. The van der Waals surface area contributed by atoms with E-state index in [1.807, 2.05) is 13.0 Å². The fourth-order valence-corrected chi connectivity index (χ4v) is 1.80. The topological polar surface area (TPSA) is 46.6 Å². The summed E-state index contributed by atoms with van der Waals surface area (Å²) >= 11 is 3.37. The zero-order valence-electron chi connectivity index (χ0n) is 8.70. The van der Waals surface area contributed by atoms with Gasteiger partial charge in [0.1, 0.15) is 13.2 Å². The number of nitrogens with zero attached hydrogens (tertiary/aromatic N) is 1. The normalized spacial score (nSPS) is 16.8. The van der Waals surface area contributed by atoms with Crippen LogP contribution >= 0.6 is 15.9 Å². The molecule has 1 heterocycles. The SMILES string of the molecule is Cc1cc(N2C(=O)COCC2=O)ccc1Br. The van der Waals surface area contributed by atoms with Gasteiger partial charge < -0.3 is 4.74 Å². The third-order valence-electron chi connectivity index (χ3n) is 2.35. The molecule has 84 valence electrons. The van der Waals surface area contributed by atoms with Gasteiger partial charge in [-0.15, -0.1) is 0 Å². The van der Waals surface area contributed by atoms with Crippen LogP contribution in [0.3, 0.4) is 0 Å². The smallest absolute Gasteiger partial charge is 0.259 e. The molecule has 16 heavy (non-hydrogen) atoms. The van der Waals surface area contributed by atoms with Gasteiger partial charge in [-0.1, -0.05) is 15.9 Å². The molecular formula is C11H10BrNO3. The maximum Gasteiger partial charge on any atom is 0.259 e. The van der Waals surface area contributed by atoms with Crippen molar-refractivity contribution in [3.63, 3.8) is 0 Å². The van der Waals surface area contributed by atoms with Crippen molar-refractivity contribution in [3.8, 4) is 0 Å². The molecule has 4 nitrogen and oxygen atoms in total. The molecule has 0 aromatic heterocycles. The summed E-state index contributed by atoms with van der Waals surface area (Å²) in [4.78, 5) is 24.3. The Morgan fingerprint density at radius 3 is 2.44 bits per heavy atom. The standard InChI is InChI=1S/C11H10BrNO3/c1-7-4-8(2-3-9(7)12)13-10(14)5-16-6-11(13)15/h2-4H,5-6H2,1H3. The molecule has 0 radical (unpaired) electrons. The summed E-state index contributed by atoms with van der Waals surface area (Å²) in [6, 6.07) is 5.35. The van der Waals surface area contributed by atoms with Crippen LogP contribution in [0.15, 0.2) is 22.7 Å². The van der Waals surface area contributed by atoms with Crippen LogP contribution in [0.25, 0.3) is 0 Å². The monoisotopic (exact) mass is 283 g/mol. The number of hydrogen-bond donors (Lipinski definition) is 0. The van der Waals surface area contributed by atoms with Gasteiger partial charge in [-0.3, -0.25) is 9.59 Å². The average molecular weight is 284 g/mol. The minimum absolute atomic E-state index is 0.0408. The van der Waals surface area contributed by atoms with E-state index >= 15 is 0 Å². The maximum atomic E-state index is 11.6. The number of carbonyl (C=O) groups is 2. The molecule has 0 bridgehead atoms. The van der Waals surface area contributed by atoms with Crippen LogP contribution in [0.5, 0.6) is 0 Å². The molecule has 0 atom stereocenters. The number of halogens is 1. The second-order valence-electron chi connectivity index (χ2n) is 3.55. The largest absolute Gasteiger partial charge is 0.362 e. The quantitative estimate of drug-likeness (QED) is 0.737. The van der Waals surface area contributed by atoms with Gasteiger partial charge >= 0.3 is 0 Å². The van der Waals surface area contributed by atoms with E-state index in [4.69, 9.17) is 4.74 Å². The number of morpholine rings is 1. The Labute approximate surface area is 101 Å². The van der Waals surface area contributed by atoms with Gasteiger partial charge in [0.15, 0.2) is 0 Å². The van der Waals surface area contributed by atoms with Crippen LogP contribution in [0, 0.1) is 6.92 Å². The Hall–Kier alpha value is -1.20. The van der Waals surface area contributed by atoms with Crippen molar-refractivity contribution < 1.29 is 14.3 Å². The van der Waals surface area contributed by atoms with E-state index in [9.17, 15) is 9.59 Å². The number of hydrogen-bond acceptors (Lipinski definition) is 3. The van der Waals surface area contributed by atoms with Crippen LogP contribution in [-0.2, 0) is 14.3 Å². The fraction of sp³-hybridized carbons (Fsp3) is 0.273. The highest BCUT2D eigenvalue weighted by molar-refractivity contribution is 9.10. The van der Waals surface area contributed by atoms with Crippen molar-refractivity contribution in [2.45, 2.75) is 6.92 Å². The number of rotatable bonds is 1. The van der Waals surface area contributed by atoms with Crippen molar-refractivity contribution >= 4 is 33.4 Å². The molecule has 1 fully saturated rings. The minimum Gasteiger partial charge on any atom is -0.362 e. The minimum atomic E-state index is -0.321. The van der Waals surface area contributed by atoms with Gasteiger partial charge in [0.2, 0.25) is 0 Å². The molecule has 1 aliphatic heterocycles. The Morgan fingerprint density at radius 1 is 1.25 bits per heavy atom. The Bertz CT molecular complexity index is 443. The molecule has 1 aromatic carbocycles. The number of carbonyl (C=O) groups excluding carboxylic acids is 2. The molecule has 0 saturated carbocycles. The van der Waals surface area contributed by atoms with Crippen LogP contribution in [0.4, 0.5) is 5.69 Å².